The molecule has 3 aliphatic rings. The van der Waals surface area contributed by atoms with Crippen LogP contribution in [0.25, 0.3) is 11.3 Å². The van der Waals surface area contributed by atoms with Crippen molar-refractivity contribution in [2.45, 2.75) is 51.3 Å². The number of likely N-dealkylation sites (tertiary alicyclic amines) is 1. The number of ether oxygens (including phenoxy) is 2. The minimum atomic E-state index is -1.30. The molecule has 0 aliphatic carbocycles. The molecule has 13 nitrogen and oxygen atoms in total. The number of halogens is 2. The van der Waals surface area contributed by atoms with Gasteiger partial charge in [-0.25, -0.2) is 18.6 Å². The van der Waals surface area contributed by atoms with Crippen LogP contribution in [-0.4, -0.2) is 119 Å². The first-order valence-corrected chi connectivity index (χ1v) is 18.3. The Kier molecular flexibility index (Phi) is 14.4. The number of aromatic nitrogens is 2. The number of carbonyl (C=O) groups is 4. The predicted octanol–water partition coefficient (Wildman–Crippen LogP) is 3.92. The van der Waals surface area contributed by atoms with Gasteiger partial charge >= 0.3 is 6.09 Å². The molecular weight excluding hydrogens is 702 g/mol. The van der Waals surface area contributed by atoms with Crippen molar-refractivity contribution in [3.63, 3.8) is 0 Å². The average molecular weight is 751 g/mol. The van der Waals surface area contributed by atoms with Crippen molar-refractivity contribution in [2.75, 3.05) is 59.6 Å². The number of aliphatic hydroxyl groups excluding tert-OH is 1. The maximum absolute atomic E-state index is 14.9. The van der Waals surface area contributed by atoms with Crippen molar-refractivity contribution in [2.24, 2.45) is 5.92 Å². The summed E-state index contributed by atoms with van der Waals surface area (Å²) in [5.41, 5.74) is 1.10. The second kappa shape index (κ2) is 19.4. The van der Waals surface area contributed by atoms with Crippen LogP contribution in [0, 0.1) is 17.6 Å². The van der Waals surface area contributed by atoms with Gasteiger partial charge < -0.3 is 34.3 Å². The van der Waals surface area contributed by atoms with Crippen LogP contribution in [-0.2, 0) is 30.4 Å². The summed E-state index contributed by atoms with van der Waals surface area (Å²) in [5, 5.41) is 13.5. The van der Waals surface area contributed by atoms with Gasteiger partial charge in [0.1, 0.15) is 30.2 Å². The van der Waals surface area contributed by atoms with Gasteiger partial charge in [0.25, 0.3) is 17.7 Å². The lowest BCUT2D eigenvalue weighted by molar-refractivity contribution is -0.142. The molecule has 3 aliphatic heterocycles. The molecule has 3 aromatic rings. The fourth-order valence-electron chi connectivity index (χ4n) is 6.74. The van der Waals surface area contributed by atoms with Gasteiger partial charge in [-0.15, -0.1) is 0 Å². The number of piperidine rings is 1. The maximum atomic E-state index is 14.9. The number of aliphatic hydroxyl groups is 1. The second-order valence-electron chi connectivity index (χ2n) is 13.5. The summed E-state index contributed by atoms with van der Waals surface area (Å²) in [7, 11) is 1.58. The van der Waals surface area contributed by atoms with Crippen LogP contribution in [0.2, 0.25) is 0 Å². The zero-order valence-corrected chi connectivity index (χ0v) is 30.7. The number of hydrogen-bond acceptors (Lipinski definition) is 9. The number of imide groups is 1. The van der Waals surface area contributed by atoms with Crippen molar-refractivity contribution in [3.05, 3.63) is 89.9 Å². The summed E-state index contributed by atoms with van der Waals surface area (Å²) >= 11 is 0. The topological polar surface area (TPSA) is 147 Å². The molecule has 15 heteroatoms. The number of rotatable bonds is 13. The molecule has 4 heterocycles. The quantitative estimate of drug-likeness (QED) is 0.196. The number of imidazole rings is 1. The minimum absolute atomic E-state index is 0.0205. The molecule has 2 aromatic carbocycles. The Morgan fingerprint density at radius 2 is 1.69 bits per heavy atom. The highest BCUT2D eigenvalue weighted by atomic mass is 19.1. The van der Waals surface area contributed by atoms with Gasteiger partial charge in [-0.2, -0.15) is 0 Å². The van der Waals surface area contributed by atoms with Crippen molar-refractivity contribution in [1.29, 1.82) is 0 Å². The first-order valence-electron chi connectivity index (χ1n) is 18.3. The molecule has 290 valence electrons. The Hall–Kier alpha value is -4.99. The van der Waals surface area contributed by atoms with Crippen LogP contribution in [0.5, 0.6) is 0 Å². The average Bonchev–Trinajstić information content (AvgIpc) is 3.95. The van der Waals surface area contributed by atoms with E-state index in [-0.39, 0.29) is 43.5 Å². The number of hydrogen-bond donors (Lipinski definition) is 2. The maximum Gasteiger partial charge on any atom is 0.409 e. The highest BCUT2D eigenvalue weighted by Gasteiger charge is 2.38. The van der Waals surface area contributed by atoms with Crippen molar-refractivity contribution < 1.29 is 42.5 Å². The number of carbonyl (C=O) groups excluding carboxylic acids is 4. The number of amides is 4. The normalized spacial score (nSPS) is 17.0. The summed E-state index contributed by atoms with van der Waals surface area (Å²) in [6.07, 6.45) is 5.90. The largest absolute Gasteiger partial charge is 0.447 e. The first-order chi connectivity index (χ1) is 26.0. The molecule has 2 atom stereocenters. The number of nitrogens with zero attached hydrogens (tertiary/aromatic N) is 5. The molecule has 1 aromatic heterocycles. The van der Waals surface area contributed by atoms with E-state index in [1.165, 1.54) is 49.9 Å². The van der Waals surface area contributed by atoms with Crippen LogP contribution < -0.4 is 5.32 Å². The van der Waals surface area contributed by atoms with Gasteiger partial charge in [-0.1, -0.05) is 30.3 Å². The second-order valence-corrected chi connectivity index (χ2v) is 13.5. The Morgan fingerprint density at radius 1 is 1.00 bits per heavy atom. The SMILES string of the molecule is C1CCNC1.C[C@H](O)C(=O)N(C)C(c1nc(-c2cc(F)ccc2F)cn1Cc1ccccc1)C1CCN(C(=O)OCCOCCN2C(=O)C=CC2=O)CC1. The van der Waals surface area contributed by atoms with Gasteiger partial charge in [0.05, 0.1) is 31.5 Å². The third-order valence-corrected chi connectivity index (χ3v) is 9.61. The zero-order valence-electron chi connectivity index (χ0n) is 30.7. The molecule has 0 bridgehead atoms. The fourth-order valence-corrected chi connectivity index (χ4v) is 6.74. The molecular formula is C39H48F2N6O7. The lowest BCUT2D eigenvalue weighted by Gasteiger charge is -2.39. The van der Waals surface area contributed by atoms with Gasteiger partial charge in [-0.3, -0.25) is 19.3 Å². The summed E-state index contributed by atoms with van der Waals surface area (Å²) in [6, 6.07) is 12.0. The van der Waals surface area contributed by atoms with Gasteiger partial charge in [-0.05, 0) is 75.4 Å². The fraction of sp³-hybridized carbons (Fsp3) is 0.462. The third-order valence-electron chi connectivity index (χ3n) is 9.61. The minimum Gasteiger partial charge on any atom is -0.447 e. The van der Waals surface area contributed by atoms with Gasteiger partial charge in [0.15, 0.2) is 0 Å². The van der Waals surface area contributed by atoms with Crippen molar-refractivity contribution >= 4 is 23.8 Å². The van der Waals surface area contributed by atoms with Crippen LogP contribution in [0.1, 0.15) is 50.0 Å². The first kappa shape index (κ1) is 40.2. The van der Waals surface area contributed by atoms with Gasteiger partial charge in [0, 0.05) is 50.6 Å². The lowest BCUT2D eigenvalue weighted by Crippen LogP contribution is -2.46. The summed E-state index contributed by atoms with van der Waals surface area (Å²) in [5.74, 6) is -2.37. The van der Waals surface area contributed by atoms with Crippen LogP contribution in [0.4, 0.5) is 13.6 Å². The molecule has 54 heavy (non-hydrogen) atoms. The molecule has 0 saturated carbocycles. The third kappa shape index (κ3) is 10.6. The molecule has 2 saturated heterocycles. The molecule has 1 unspecified atom stereocenters. The van der Waals surface area contributed by atoms with Crippen LogP contribution in [0.3, 0.4) is 0 Å². The Morgan fingerprint density at radius 3 is 2.31 bits per heavy atom. The molecule has 2 fully saturated rings. The highest BCUT2D eigenvalue weighted by molar-refractivity contribution is 6.12. The number of benzene rings is 2. The Bertz CT molecular complexity index is 1750. The van der Waals surface area contributed by atoms with E-state index in [2.05, 4.69) is 5.32 Å². The van der Waals surface area contributed by atoms with E-state index in [1.807, 2.05) is 34.9 Å². The zero-order chi connectivity index (χ0) is 38.6. The molecule has 0 radical (unpaired) electrons. The molecule has 2 N–H and O–H groups in total. The number of likely N-dealkylation sites (N-methyl/N-ethyl adjacent to an activating group) is 1. The monoisotopic (exact) mass is 750 g/mol. The Labute approximate surface area is 313 Å². The summed E-state index contributed by atoms with van der Waals surface area (Å²) in [6.45, 7) is 5.11. The van der Waals surface area contributed by atoms with E-state index in [1.54, 1.807) is 18.1 Å². The molecule has 0 spiro atoms. The standard InChI is InChI=1S/C35H39F2N5O7.C4H9N/c1-23(43)34(46)39(2)32(25-12-14-40(15-13-25)35(47)49-19-18-48-17-16-42-30(44)10-11-31(42)45)33-38-29(27-20-26(36)8-9-28(27)37)22-41(33)21-24-6-4-3-5-7-24;1-2-4-5-3-1/h3-11,20,22-23,25,32,43H,12-19,21H2,1-2H3;5H,1-4H2/t23-,32?;/m0./s1. The molecule has 4 amide bonds. The lowest BCUT2D eigenvalue weighted by atomic mass is 9.87. The van der Waals surface area contributed by atoms with E-state index >= 15 is 0 Å². The van der Waals surface area contributed by atoms with Crippen LogP contribution in [0.15, 0.2) is 66.9 Å². The molecule has 6 rings (SSSR count). The van der Waals surface area contributed by atoms with E-state index in [9.17, 15) is 33.1 Å². The van der Waals surface area contributed by atoms with Crippen molar-refractivity contribution in [1.82, 2.24) is 29.6 Å². The van der Waals surface area contributed by atoms with E-state index < -0.39 is 47.6 Å². The van der Waals surface area contributed by atoms with Crippen LogP contribution >= 0.6 is 0 Å². The summed E-state index contributed by atoms with van der Waals surface area (Å²) in [4.78, 5) is 58.1. The highest BCUT2D eigenvalue weighted by Crippen LogP contribution is 2.37. The van der Waals surface area contributed by atoms with Gasteiger partial charge in [0.2, 0.25) is 0 Å². The Balaban J connectivity index is 0.00000103. The number of nitrogens with one attached hydrogen (secondary N) is 1. The van der Waals surface area contributed by atoms with E-state index in [0.29, 0.717) is 38.3 Å². The predicted molar refractivity (Wildman–Crippen MR) is 195 cm³/mol. The van der Waals surface area contributed by atoms with Crippen molar-refractivity contribution in [3.8, 4) is 11.3 Å². The summed E-state index contributed by atoms with van der Waals surface area (Å²) < 4.78 is 41.8. The van der Waals surface area contributed by atoms with E-state index in [0.717, 1.165) is 28.7 Å². The van der Waals surface area contributed by atoms with E-state index in [4.69, 9.17) is 14.5 Å². The smallest absolute Gasteiger partial charge is 0.409 e.